The van der Waals surface area contributed by atoms with Crippen molar-refractivity contribution in [1.82, 2.24) is 15.0 Å². The van der Waals surface area contributed by atoms with Crippen molar-refractivity contribution in [3.8, 4) is 0 Å². The van der Waals surface area contributed by atoms with Gasteiger partial charge in [0.25, 0.3) is 0 Å². The maximum atomic E-state index is 10.2. The van der Waals surface area contributed by atoms with Crippen molar-refractivity contribution in [2.24, 2.45) is 0 Å². The van der Waals surface area contributed by atoms with Crippen LogP contribution in [0.2, 0.25) is 0 Å². The predicted molar refractivity (Wildman–Crippen MR) is 150 cm³/mol. The second-order valence-electron chi connectivity index (χ2n) is 6.29. The number of pyridine rings is 3. The molecule has 0 aliphatic heterocycles. The summed E-state index contributed by atoms with van der Waals surface area (Å²) in [5, 5.41) is 19.4. The number of rotatable bonds is 12. The summed E-state index contributed by atoms with van der Waals surface area (Å²) in [4.78, 5) is 32.5. The maximum Gasteiger partial charge on any atom is 0.303 e. The Morgan fingerprint density at radius 2 is 1.11 bits per heavy atom. The molecule has 3 aromatic rings. The van der Waals surface area contributed by atoms with E-state index >= 15 is 0 Å². The number of aliphatic carboxylic acids is 2. The van der Waals surface area contributed by atoms with Crippen LogP contribution in [0.5, 0.6) is 0 Å². The van der Waals surface area contributed by atoms with E-state index in [4.69, 9.17) is 10.2 Å². The largest absolute Gasteiger partial charge is 0.481 e. The average molecular weight is 570 g/mol. The molecular formula is C23H27N3O4S5. The Labute approximate surface area is 226 Å². The lowest BCUT2D eigenvalue weighted by Crippen LogP contribution is -1.94. The summed E-state index contributed by atoms with van der Waals surface area (Å²) >= 11 is 3.83. The highest BCUT2D eigenvalue weighted by molar-refractivity contribution is 8.77. The fourth-order valence-electron chi connectivity index (χ4n) is 1.89. The van der Waals surface area contributed by atoms with Crippen LogP contribution < -0.4 is 0 Å². The standard InChI is InChI=1S/C10H8N2S2.C9H11NO2S2.C4H8O2S/c1-3-7-11-9(5-1)13-14-10-6-2-4-8-12-10;11-9(12)5-3-7-13-14-8-4-1-2-6-10-8;5-4(6)2-1-3-7/h1-8H;1-2,4,6H,3,5,7H2,(H,11,12);7H,1-3H2,(H,5,6). The van der Waals surface area contributed by atoms with Crippen molar-refractivity contribution in [3.05, 3.63) is 73.2 Å². The van der Waals surface area contributed by atoms with Crippen LogP contribution >= 0.6 is 55.8 Å². The van der Waals surface area contributed by atoms with Crippen molar-refractivity contribution in [3.63, 3.8) is 0 Å². The number of thiol groups is 1. The van der Waals surface area contributed by atoms with Gasteiger partial charge >= 0.3 is 11.9 Å². The molecule has 0 atom stereocenters. The summed E-state index contributed by atoms with van der Waals surface area (Å²) in [6.07, 6.45) is 7.19. The van der Waals surface area contributed by atoms with E-state index in [9.17, 15) is 9.59 Å². The van der Waals surface area contributed by atoms with Crippen molar-refractivity contribution >= 4 is 67.7 Å². The van der Waals surface area contributed by atoms with Gasteiger partial charge in [0.15, 0.2) is 0 Å². The monoisotopic (exact) mass is 569 g/mol. The van der Waals surface area contributed by atoms with E-state index in [1.54, 1.807) is 61.8 Å². The summed E-state index contributed by atoms with van der Waals surface area (Å²) in [6.45, 7) is 0. The molecular weight excluding hydrogens is 543 g/mol. The van der Waals surface area contributed by atoms with Crippen molar-refractivity contribution in [2.45, 2.75) is 40.8 Å². The molecule has 3 heterocycles. The van der Waals surface area contributed by atoms with Gasteiger partial charge in [-0.1, -0.05) is 29.0 Å². The van der Waals surface area contributed by atoms with Gasteiger partial charge in [-0.05, 0) is 87.4 Å². The van der Waals surface area contributed by atoms with Crippen molar-refractivity contribution in [1.29, 1.82) is 0 Å². The Kier molecular flexibility index (Phi) is 19.1. The Morgan fingerprint density at radius 3 is 1.46 bits per heavy atom. The van der Waals surface area contributed by atoms with Crippen LogP contribution in [-0.2, 0) is 9.59 Å². The topological polar surface area (TPSA) is 113 Å². The zero-order chi connectivity index (χ0) is 25.6. The van der Waals surface area contributed by atoms with Crippen molar-refractivity contribution in [2.75, 3.05) is 11.5 Å². The number of aromatic nitrogens is 3. The van der Waals surface area contributed by atoms with Gasteiger partial charge in [0.1, 0.15) is 15.1 Å². The molecule has 0 aromatic carbocycles. The molecule has 0 bridgehead atoms. The minimum absolute atomic E-state index is 0.240. The first-order valence-electron chi connectivity index (χ1n) is 10.4. The second-order valence-corrected chi connectivity index (χ2v) is 11.3. The zero-order valence-corrected chi connectivity index (χ0v) is 23.0. The normalized spacial score (nSPS) is 9.74. The average Bonchev–Trinajstić information content (AvgIpc) is 2.88. The lowest BCUT2D eigenvalue weighted by atomic mass is 10.3. The Balaban J connectivity index is 0.000000279. The molecule has 12 heteroatoms. The van der Waals surface area contributed by atoms with E-state index in [1.165, 1.54) is 0 Å². The lowest BCUT2D eigenvalue weighted by molar-refractivity contribution is -0.138. The van der Waals surface area contributed by atoms with Crippen LogP contribution in [0, 0.1) is 0 Å². The first-order chi connectivity index (χ1) is 17.0. The molecule has 0 aliphatic carbocycles. The number of nitrogens with zero attached hydrogens (tertiary/aromatic N) is 3. The third-order valence-electron chi connectivity index (χ3n) is 3.44. The van der Waals surface area contributed by atoms with Crippen LogP contribution in [0.15, 0.2) is 88.3 Å². The maximum absolute atomic E-state index is 10.2. The molecule has 0 saturated heterocycles. The molecule has 2 N–H and O–H groups in total. The number of hydrogen-bond acceptors (Lipinski definition) is 10. The van der Waals surface area contributed by atoms with Crippen LogP contribution in [0.4, 0.5) is 0 Å². The predicted octanol–water partition coefficient (Wildman–Crippen LogP) is 6.74. The summed E-state index contributed by atoms with van der Waals surface area (Å²) in [5.74, 6) is 0.0299. The quantitative estimate of drug-likeness (QED) is 0.122. The highest BCUT2D eigenvalue weighted by atomic mass is 33.1. The smallest absolute Gasteiger partial charge is 0.303 e. The Bertz CT molecular complexity index is 902. The van der Waals surface area contributed by atoms with Crippen LogP contribution in [0.1, 0.15) is 25.7 Å². The lowest BCUT2D eigenvalue weighted by Gasteiger charge is -1.98. The summed E-state index contributed by atoms with van der Waals surface area (Å²) in [7, 11) is 6.46. The molecule has 0 radical (unpaired) electrons. The first-order valence-corrected chi connectivity index (χ1v) is 15.5. The van der Waals surface area contributed by atoms with E-state index in [1.807, 2.05) is 54.6 Å². The van der Waals surface area contributed by atoms with Gasteiger partial charge < -0.3 is 10.2 Å². The summed E-state index contributed by atoms with van der Waals surface area (Å²) in [5.41, 5.74) is 0. The minimum Gasteiger partial charge on any atom is -0.481 e. The van der Waals surface area contributed by atoms with Crippen molar-refractivity contribution < 1.29 is 19.8 Å². The molecule has 0 spiro atoms. The van der Waals surface area contributed by atoms with Crippen LogP contribution in [0.25, 0.3) is 0 Å². The zero-order valence-electron chi connectivity index (χ0n) is 18.8. The van der Waals surface area contributed by atoms with E-state index < -0.39 is 11.9 Å². The summed E-state index contributed by atoms with van der Waals surface area (Å²) < 4.78 is 0. The SMILES string of the molecule is O=C(O)CCCS.O=C(O)CCCSSc1ccccn1.c1ccc(SSc2ccccn2)nc1. The number of carboxylic acid groups (broad SMARTS) is 2. The fraction of sp³-hybridized carbons (Fsp3) is 0.261. The van der Waals surface area contributed by atoms with Gasteiger partial charge in [0, 0.05) is 37.2 Å². The third kappa shape index (κ3) is 19.1. The molecule has 35 heavy (non-hydrogen) atoms. The first kappa shape index (κ1) is 31.2. The summed E-state index contributed by atoms with van der Waals surface area (Å²) in [6, 6.07) is 17.5. The highest BCUT2D eigenvalue weighted by Crippen LogP contribution is 2.34. The molecule has 3 aromatic heterocycles. The fourth-order valence-corrected chi connectivity index (χ4v) is 5.76. The van der Waals surface area contributed by atoms with E-state index in [0.29, 0.717) is 18.6 Å². The van der Waals surface area contributed by atoms with Crippen LogP contribution in [-0.4, -0.2) is 48.6 Å². The molecule has 0 unspecified atom stereocenters. The molecule has 7 nitrogen and oxygen atoms in total. The molecule has 0 amide bonds. The number of carboxylic acids is 2. The van der Waals surface area contributed by atoms with Gasteiger partial charge in [0.05, 0.1) is 0 Å². The van der Waals surface area contributed by atoms with Gasteiger partial charge in [-0.15, -0.1) is 0 Å². The second kappa shape index (κ2) is 21.4. The third-order valence-corrected chi connectivity index (χ3v) is 8.29. The van der Waals surface area contributed by atoms with E-state index in [-0.39, 0.29) is 12.8 Å². The molecule has 188 valence electrons. The molecule has 3 rings (SSSR count). The Hall–Kier alpha value is -1.86. The van der Waals surface area contributed by atoms with Gasteiger partial charge in [-0.3, -0.25) is 9.59 Å². The van der Waals surface area contributed by atoms with Gasteiger partial charge in [0.2, 0.25) is 0 Å². The highest BCUT2D eigenvalue weighted by Gasteiger charge is 1.99. The van der Waals surface area contributed by atoms with Crippen LogP contribution in [0.3, 0.4) is 0 Å². The van der Waals surface area contributed by atoms with E-state index in [0.717, 1.165) is 20.8 Å². The van der Waals surface area contributed by atoms with E-state index in [2.05, 4.69) is 27.6 Å². The van der Waals surface area contributed by atoms with Gasteiger partial charge in [-0.25, -0.2) is 15.0 Å². The molecule has 0 aliphatic rings. The number of hydrogen-bond donors (Lipinski definition) is 3. The minimum atomic E-state index is -0.742. The number of carbonyl (C=O) groups is 2. The van der Waals surface area contributed by atoms with Gasteiger partial charge in [-0.2, -0.15) is 12.6 Å². The Morgan fingerprint density at radius 1 is 0.686 bits per heavy atom. The molecule has 0 fully saturated rings. The molecule has 0 saturated carbocycles.